The Morgan fingerprint density at radius 2 is 1.88 bits per heavy atom. The van der Waals surface area contributed by atoms with Gasteiger partial charge < -0.3 is 19.3 Å². The number of fused-ring (bicyclic) bond motifs is 1. The molecule has 1 N–H and O–H groups in total. The summed E-state index contributed by atoms with van der Waals surface area (Å²) in [5, 5.41) is 14.9. The number of anilines is 1. The van der Waals surface area contributed by atoms with Gasteiger partial charge in [-0.3, -0.25) is 0 Å². The lowest BCUT2D eigenvalue weighted by Crippen LogP contribution is -2.42. The van der Waals surface area contributed by atoms with Gasteiger partial charge in [-0.1, -0.05) is 35.5 Å². The van der Waals surface area contributed by atoms with Gasteiger partial charge in [0.1, 0.15) is 17.2 Å². The van der Waals surface area contributed by atoms with Crippen LogP contribution in [-0.4, -0.2) is 40.4 Å². The summed E-state index contributed by atoms with van der Waals surface area (Å²) in [4.78, 5) is 18.4. The average Bonchev–Trinajstić information content (AvgIpc) is 3.70. The van der Waals surface area contributed by atoms with Crippen molar-refractivity contribution in [1.82, 2.24) is 10.1 Å². The lowest BCUT2D eigenvalue weighted by atomic mass is 9.63. The highest BCUT2D eigenvalue weighted by atomic mass is 16.5. The summed E-state index contributed by atoms with van der Waals surface area (Å²) in [6, 6.07) is 16.0. The topological polar surface area (TPSA) is 88.7 Å². The van der Waals surface area contributed by atoms with Gasteiger partial charge in [0.25, 0.3) is 0 Å². The maximum absolute atomic E-state index is 11.6. The van der Waals surface area contributed by atoms with Crippen LogP contribution in [-0.2, 0) is 0 Å². The quantitative estimate of drug-likeness (QED) is 0.253. The van der Waals surface area contributed by atoms with Crippen molar-refractivity contribution < 1.29 is 19.2 Å². The van der Waals surface area contributed by atoms with Crippen molar-refractivity contribution >= 4 is 28.1 Å². The van der Waals surface area contributed by atoms with Crippen LogP contribution in [0.5, 0.6) is 5.75 Å². The third-order valence-electron chi connectivity index (χ3n) is 8.87. The Morgan fingerprint density at radius 1 is 1.12 bits per heavy atom. The van der Waals surface area contributed by atoms with Crippen LogP contribution in [0.1, 0.15) is 79.2 Å². The zero-order chi connectivity index (χ0) is 28.3. The van der Waals surface area contributed by atoms with E-state index in [1.807, 2.05) is 26.0 Å². The molecule has 1 spiro atoms. The number of piperidine rings is 1. The molecule has 7 nitrogen and oxygen atoms in total. The Labute approximate surface area is 239 Å². The molecule has 0 radical (unpaired) electrons. The molecule has 41 heavy (non-hydrogen) atoms. The predicted octanol–water partition coefficient (Wildman–Crippen LogP) is 7.63. The molecular weight excluding hydrogens is 514 g/mol. The minimum absolute atomic E-state index is 0.00311. The van der Waals surface area contributed by atoms with Crippen LogP contribution in [0, 0.1) is 12.3 Å². The molecule has 2 fully saturated rings. The minimum Gasteiger partial charge on any atom is -0.490 e. The monoisotopic (exact) mass is 549 g/mol. The van der Waals surface area contributed by atoms with Crippen molar-refractivity contribution in [2.45, 2.75) is 64.9 Å². The Kier molecular flexibility index (Phi) is 6.14. The molecule has 3 heterocycles. The summed E-state index contributed by atoms with van der Waals surface area (Å²) in [5.74, 6) is 1.10. The largest absolute Gasteiger partial charge is 0.490 e. The van der Waals surface area contributed by atoms with Crippen LogP contribution in [0.25, 0.3) is 27.7 Å². The molecule has 2 aliphatic carbocycles. The third kappa shape index (κ3) is 4.67. The number of aromatic nitrogens is 2. The Morgan fingerprint density at radius 3 is 2.56 bits per heavy atom. The van der Waals surface area contributed by atoms with E-state index in [1.54, 1.807) is 0 Å². The SMILES string of the molecule is Cc1ccccc1-c1noc(C2CC2)c1C1=CC2(CCN(c3ccc4nc(C(=O)O)cc(OC(C)C)c4c3)CC2)C1. The number of benzene rings is 2. The molecule has 2 aromatic heterocycles. The first-order chi connectivity index (χ1) is 19.8. The standard InChI is InChI=1S/C34H35N3O4/c1-20(2)40-29-17-28(33(38)39)35-27-11-10-24(16-26(27)29)37-14-12-34(13-15-37)18-23(19-34)30-31(25-7-5-4-6-21(25)3)36-41-32(30)22-8-9-22/h4-7,10-11,16-18,20,22H,8-9,12-15,19H2,1-3H3,(H,38,39). The average molecular weight is 550 g/mol. The van der Waals surface area contributed by atoms with Crippen molar-refractivity contribution in [2.24, 2.45) is 5.41 Å². The lowest BCUT2D eigenvalue weighted by Gasteiger charge is -2.47. The van der Waals surface area contributed by atoms with E-state index in [0.29, 0.717) is 17.2 Å². The van der Waals surface area contributed by atoms with Gasteiger partial charge >= 0.3 is 5.97 Å². The molecule has 0 unspecified atom stereocenters. The zero-order valence-corrected chi connectivity index (χ0v) is 23.8. The van der Waals surface area contributed by atoms with Gasteiger partial charge in [-0.25, -0.2) is 9.78 Å². The van der Waals surface area contributed by atoms with Gasteiger partial charge in [-0.15, -0.1) is 0 Å². The first-order valence-corrected chi connectivity index (χ1v) is 14.7. The van der Waals surface area contributed by atoms with E-state index < -0.39 is 5.97 Å². The zero-order valence-electron chi connectivity index (χ0n) is 23.8. The van der Waals surface area contributed by atoms with Crippen LogP contribution in [0.4, 0.5) is 5.69 Å². The summed E-state index contributed by atoms with van der Waals surface area (Å²) in [6.45, 7) is 7.94. The lowest BCUT2D eigenvalue weighted by molar-refractivity contribution is 0.0690. The van der Waals surface area contributed by atoms with E-state index in [2.05, 4.69) is 58.4 Å². The smallest absolute Gasteiger partial charge is 0.354 e. The molecule has 0 bridgehead atoms. The minimum atomic E-state index is -1.06. The van der Waals surface area contributed by atoms with Crippen LogP contribution >= 0.6 is 0 Å². The van der Waals surface area contributed by atoms with Crippen molar-refractivity contribution in [1.29, 1.82) is 0 Å². The Hall–Kier alpha value is -4.13. The normalized spacial score (nSPS) is 18.0. The number of carboxylic acids is 1. The highest BCUT2D eigenvalue weighted by molar-refractivity contribution is 5.94. The highest BCUT2D eigenvalue weighted by Gasteiger charge is 2.44. The number of ether oxygens (including phenoxy) is 1. The number of nitrogens with zero attached hydrogens (tertiary/aromatic N) is 3. The number of allylic oxidation sites excluding steroid dienone is 2. The van der Waals surface area contributed by atoms with E-state index in [4.69, 9.17) is 9.26 Å². The molecular formula is C34H35N3O4. The van der Waals surface area contributed by atoms with E-state index in [1.165, 1.54) is 35.6 Å². The van der Waals surface area contributed by atoms with Gasteiger partial charge in [-0.05, 0) is 87.6 Å². The first-order valence-electron chi connectivity index (χ1n) is 14.7. The molecule has 1 saturated carbocycles. The summed E-state index contributed by atoms with van der Waals surface area (Å²) in [5.41, 5.74) is 7.98. The van der Waals surface area contributed by atoms with Crippen LogP contribution in [0.2, 0.25) is 0 Å². The summed E-state index contributed by atoms with van der Waals surface area (Å²) < 4.78 is 12.0. The van der Waals surface area contributed by atoms with Crippen molar-refractivity contribution in [3.05, 3.63) is 77.2 Å². The number of carbonyl (C=O) groups is 1. The first kappa shape index (κ1) is 25.8. The maximum atomic E-state index is 11.6. The van der Waals surface area contributed by atoms with Gasteiger partial charge in [0.2, 0.25) is 0 Å². The molecule has 0 amide bonds. The van der Waals surface area contributed by atoms with E-state index >= 15 is 0 Å². The number of hydrogen-bond acceptors (Lipinski definition) is 6. The number of aromatic carboxylic acids is 1. The third-order valence-corrected chi connectivity index (χ3v) is 8.87. The Balaban J connectivity index is 1.13. The molecule has 7 heteroatoms. The van der Waals surface area contributed by atoms with E-state index in [0.717, 1.165) is 60.4 Å². The summed E-state index contributed by atoms with van der Waals surface area (Å²) in [6.07, 6.45) is 8.05. The number of carboxylic acid groups (broad SMARTS) is 1. The molecule has 2 aromatic carbocycles. The molecule has 4 aromatic rings. The second-order valence-corrected chi connectivity index (χ2v) is 12.2. The number of aryl methyl sites for hydroxylation is 1. The number of rotatable bonds is 7. The summed E-state index contributed by atoms with van der Waals surface area (Å²) >= 11 is 0. The fourth-order valence-corrected chi connectivity index (χ4v) is 6.51. The molecule has 3 aliphatic rings. The number of pyridine rings is 1. The Bertz CT molecular complexity index is 1690. The number of hydrogen-bond donors (Lipinski definition) is 1. The molecule has 1 aliphatic heterocycles. The van der Waals surface area contributed by atoms with E-state index in [9.17, 15) is 9.90 Å². The van der Waals surface area contributed by atoms with Gasteiger partial charge in [-0.2, -0.15) is 0 Å². The fraction of sp³-hybridized carbons (Fsp3) is 0.382. The maximum Gasteiger partial charge on any atom is 0.354 e. The second-order valence-electron chi connectivity index (χ2n) is 12.2. The molecule has 0 atom stereocenters. The van der Waals surface area contributed by atoms with Crippen molar-refractivity contribution in [2.75, 3.05) is 18.0 Å². The molecule has 1 saturated heterocycles. The fourth-order valence-electron chi connectivity index (χ4n) is 6.51. The predicted molar refractivity (Wildman–Crippen MR) is 160 cm³/mol. The molecule has 210 valence electrons. The van der Waals surface area contributed by atoms with Crippen molar-refractivity contribution in [3.8, 4) is 17.0 Å². The summed E-state index contributed by atoms with van der Waals surface area (Å²) in [7, 11) is 0. The second kappa shape index (κ2) is 9.75. The highest BCUT2D eigenvalue weighted by Crippen LogP contribution is 2.56. The van der Waals surface area contributed by atoms with Crippen LogP contribution in [0.3, 0.4) is 0 Å². The van der Waals surface area contributed by atoms with Crippen molar-refractivity contribution in [3.63, 3.8) is 0 Å². The van der Waals surface area contributed by atoms with Crippen LogP contribution < -0.4 is 9.64 Å². The van der Waals surface area contributed by atoms with Crippen LogP contribution in [0.15, 0.2) is 59.1 Å². The van der Waals surface area contributed by atoms with Gasteiger partial charge in [0.15, 0.2) is 5.69 Å². The van der Waals surface area contributed by atoms with Gasteiger partial charge in [0.05, 0.1) is 11.6 Å². The molecule has 7 rings (SSSR count). The van der Waals surface area contributed by atoms with E-state index in [-0.39, 0.29) is 17.2 Å². The van der Waals surface area contributed by atoms with Gasteiger partial charge in [0, 0.05) is 47.3 Å².